The van der Waals surface area contributed by atoms with Gasteiger partial charge in [0.2, 0.25) is 5.91 Å². The van der Waals surface area contributed by atoms with E-state index < -0.39 is 6.04 Å². The van der Waals surface area contributed by atoms with Crippen molar-refractivity contribution in [3.63, 3.8) is 0 Å². The lowest BCUT2D eigenvalue weighted by atomic mass is 9.49. The molecule has 4 bridgehead atoms. The molecular weight excluding hydrogens is 326 g/mol. The number of carbonyl (C=O) groups excluding carboxylic acids is 2. The average Bonchev–Trinajstić information content (AvgIpc) is 2.59. The van der Waals surface area contributed by atoms with Crippen LogP contribution in [0.4, 0.5) is 0 Å². The van der Waals surface area contributed by atoms with Gasteiger partial charge in [0.1, 0.15) is 6.04 Å². The summed E-state index contributed by atoms with van der Waals surface area (Å²) in [4.78, 5) is 25.6. The van der Waals surface area contributed by atoms with Gasteiger partial charge in [0.05, 0.1) is 7.11 Å². The van der Waals surface area contributed by atoms with Crippen LogP contribution in [-0.2, 0) is 20.7 Å². The number of carbonyl (C=O) groups is 2. The maximum Gasteiger partial charge on any atom is 0.328 e. The topological polar surface area (TPSA) is 55.4 Å². The van der Waals surface area contributed by atoms with Gasteiger partial charge in [0.25, 0.3) is 0 Å². The number of rotatable bonds is 5. The van der Waals surface area contributed by atoms with Crippen LogP contribution in [0.15, 0.2) is 24.3 Å². The Morgan fingerprint density at radius 1 is 1.15 bits per heavy atom. The molecule has 0 saturated heterocycles. The zero-order chi connectivity index (χ0) is 18.3. The molecule has 1 N–H and O–H groups in total. The quantitative estimate of drug-likeness (QED) is 0.824. The SMILES string of the molecule is COC(=O)[C@H](Cc1cccc(C)c1)NC(=O)C12CC3CC(CC(C3)C1)C2. The van der Waals surface area contributed by atoms with Gasteiger partial charge < -0.3 is 10.1 Å². The first-order chi connectivity index (χ1) is 12.5. The standard InChI is InChI=1S/C22H29NO3/c1-14-4-3-5-15(6-14)10-19(20(24)26-2)23-21(25)22-11-16-7-17(12-22)9-18(8-16)13-22/h3-6,16-19H,7-13H2,1-2H3,(H,23,25)/t16?,17?,18?,19-,22?/m0/s1. The van der Waals surface area contributed by atoms with Crippen molar-refractivity contribution in [1.29, 1.82) is 0 Å². The Hall–Kier alpha value is -1.84. The van der Waals surface area contributed by atoms with Gasteiger partial charge in [-0.2, -0.15) is 0 Å². The summed E-state index contributed by atoms with van der Waals surface area (Å²) in [5.41, 5.74) is 1.96. The average molecular weight is 355 g/mol. The molecule has 5 rings (SSSR count). The Morgan fingerprint density at radius 2 is 1.77 bits per heavy atom. The molecule has 1 aromatic rings. The molecule has 0 spiro atoms. The lowest BCUT2D eigenvalue weighted by molar-refractivity contribution is -0.152. The van der Waals surface area contributed by atoms with Crippen molar-refractivity contribution in [3.8, 4) is 0 Å². The maximum absolute atomic E-state index is 13.3. The summed E-state index contributed by atoms with van der Waals surface area (Å²) < 4.78 is 4.98. The van der Waals surface area contributed by atoms with E-state index in [1.807, 2.05) is 25.1 Å². The maximum atomic E-state index is 13.3. The number of aryl methyl sites for hydroxylation is 1. The fourth-order valence-electron chi connectivity index (χ4n) is 6.11. The first-order valence-corrected chi connectivity index (χ1v) is 9.92. The Morgan fingerprint density at radius 3 is 2.31 bits per heavy atom. The molecule has 0 aliphatic heterocycles. The zero-order valence-electron chi connectivity index (χ0n) is 15.8. The highest BCUT2D eigenvalue weighted by Gasteiger charge is 2.55. The smallest absolute Gasteiger partial charge is 0.328 e. The number of amides is 1. The molecule has 4 saturated carbocycles. The van der Waals surface area contributed by atoms with Crippen molar-refractivity contribution in [2.75, 3.05) is 7.11 Å². The van der Waals surface area contributed by atoms with Gasteiger partial charge in [-0.05, 0) is 68.8 Å². The normalized spacial score (nSPS) is 32.9. The van der Waals surface area contributed by atoms with Gasteiger partial charge in [-0.3, -0.25) is 4.79 Å². The van der Waals surface area contributed by atoms with Crippen molar-refractivity contribution < 1.29 is 14.3 Å². The van der Waals surface area contributed by atoms with Crippen LogP contribution in [0.3, 0.4) is 0 Å². The minimum absolute atomic E-state index is 0.0830. The van der Waals surface area contributed by atoms with Crippen LogP contribution >= 0.6 is 0 Å². The summed E-state index contributed by atoms with van der Waals surface area (Å²) in [6.07, 6.45) is 7.39. The molecule has 4 aliphatic carbocycles. The molecule has 0 radical (unpaired) electrons. The zero-order valence-corrected chi connectivity index (χ0v) is 15.8. The Balaban J connectivity index is 1.50. The van der Waals surface area contributed by atoms with Gasteiger partial charge in [-0.25, -0.2) is 4.79 Å². The van der Waals surface area contributed by atoms with E-state index >= 15 is 0 Å². The number of hydrogen-bond acceptors (Lipinski definition) is 3. The highest BCUT2D eigenvalue weighted by Crippen LogP contribution is 2.60. The highest BCUT2D eigenvalue weighted by molar-refractivity contribution is 5.88. The lowest BCUT2D eigenvalue weighted by Crippen LogP contribution is -2.56. The Bertz CT molecular complexity index is 676. The minimum atomic E-state index is -0.609. The Labute approximate surface area is 155 Å². The van der Waals surface area contributed by atoms with E-state index in [0.29, 0.717) is 24.2 Å². The molecule has 4 fully saturated rings. The van der Waals surface area contributed by atoms with Gasteiger partial charge in [-0.1, -0.05) is 29.8 Å². The summed E-state index contributed by atoms with van der Waals surface area (Å²) in [5.74, 6) is 1.85. The molecular formula is C22H29NO3. The van der Waals surface area contributed by atoms with E-state index in [4.69, 9.17) is 4.74 Å². The molecule has 26 heavy (non-hydrogen) atoms. The second kappa shape index (κ2) is 6.71. The molecule has 0 unspecified atom stereocenters. The molecule has 0 heterocycles. The predicted octanol–water partition coefficient (Wildman–Crippen LogP) is 3.41. The Kier molecular flexibility index (Phi) is 4.54. The fourth-order valence-corrected chi connectivity index (χ4v) is 6.11. The highest BCUT2D eigenvalue weighted by atomic mass is 16.5. The van der Waals surface area contributed by atoms with Crippen molar-refractivity contribution in [2.24, 2.45) is 23.2 Å². The number of hydrogen-bond donors (Lipinski definition) is 1. The van der Waals surface area contributed by atoms with Crippen molar-refractivity contribution in [1.82, 2.24) is 5.32 Å². The van der Waals surface area contributed by atoms with E-state index in [1.54, 1.807) is 0 Å². The molecule has 4 nitrogen and oxygen atoms in total. The van der Waals surface area contributed by atoms with E-state index in [2.05, 4.69) is 11.4 Å². The van der Waals surface area contributed by atoms with Crippen molar-refractivity contribution >= 4 is 11.9 Å². The lowest BCUT2D eigenvalue weighted by Gasteiger charge is -2.55. The van der Waals surface area contributed by atoms with E-state index in [0.717, 1.165) is 30.4 Å². The van der Waals surface area contributed by atoms with E-state index in [-0.39, 0.29) is 17.3 Å². The van der Waals surface area contributed by atoms with Crippen molar-refractivity contribution in [3.05, 3.63) is 35.4 Å². The number of ether oxygens (including phenoxy) is 1. The largest absolute Gasteiger partial charge is 0.467 e. The van der Waals surface area contributed by atoms with E-state index in [9.17, 15) is 9.59 Å². The predicted molar refractivity (Wildman–Crippen MR) is 99.4 cm³/mol. The number of methoxy groups -OCH3 is 1. The van der Waals surface area contributed by atoms with Crippen molar-refractivity contribution in [2.45, 2.75) is 57.9 Å². The summed E-state index contributed by atoms with van der Waals surface area (Å²) in [5, 5.41) is 3.08. The number of benzene rings is 1. The molecule has 1 amide bonds. The van der Waals surface area contributed by atoms with Crippen LogP contribution < -0.4 is 5.32 Å². The second-order valence-corrected chi connectivity index (χ2v) is 8.94. The third-order valence-corrected chi connectivity index (χ3v) is 6.83. The van der Waals surface area contributed by atoms with Crippen LogP contribution in [0, 0.1) is 30.1 Å². The first kappa shape index (κ1) is 17.6. The van der Waals surface area contributed by atoms with E-state index in [1.165, 1.54) is 26.4 Å². The third-order valence-electron chi connectivity index (χ3n) is 6.83. The summed E-state index contributed by atoms with van der Waals surface area (Å²) in [6.45, 7) is 2.03. The first-order valence-electron chi connectivity index (χ1n) is 9.92. The molecule has 4 aliphatic rings. The van der Waals surface area contributed by atoms with Gasteiger partial charge in [0.15, 0.2) is 0 Å². The number of esters is 1. The molecule has 0 aromatic heterocycles. The summed E-state index contributed by atoms with van der Waals surface area (Å²) in [7, 11) is 1.39. The fraction of sp³-hybridized carbons (Fsp3) is 0.636. The van der Waals surface area contributed by atoms with Crippen LogP contribution in [0.5, 0.6) is 0 Å². The molecule has 1 atom stereocenters. The second-order valence-electron chi connectivity index (χ2n) is 8.94. The molecule has 1 aromatic carbocycles. The monoisotopic (exact) mass is 355 g/mol. The van der Waals surface area contributed by atoms with Gasteiger partial charge in [0, 0.05) is 11.8 Å². The third kappa shape index (κ3) is 3.26. The summed E-state index contributed by atoms with van der Waals surface area (Å²) in [6, 6.07) is 7.47. The van der Waals surface area contributed by atoms with Crippen LogP contribution in [0.25, 0.3) is 0 Å². The number of nitrogens with one attached hydrogen (secondary N) is 1. The molecule has 4 heteroatoms. The van der Waals surface area contributed by atoms with Crippen LogP contribution in [0.1, 0.15) is 49.7 Å². The van der Waals surface area contributed by atoms with Crippen LogP contribution in [0.2, 0.25) is 0 Å². The van der Waals surface area contributed by atoms with Crippen LogP contribution in [-0.4, -0.2) is 25.0 Å². The molecule has 140 valence electrons. The van der Waals surface area contributed by atoms with Gasteiger partial charge >= 0.3 is 5.97 Å². The van der Waals surface area contributed by atoms with Gasteiger partial charge in [-0.15, -0.1) is 0 Å². The summed E-state index contributed by atoms with van der Waals surface area (Å²) >= 11 is 0. The minimum Gasteiger partial charge on any atom is -0.467 e.